The van der Waals surface area contributed by atoms with Crippen molar-refractivity contribution in [1.82, 2.24) is 10.5 Å². The Balaban J connectivity index is 1.61. The van der Waals surface area contributed by atoms with E-state index in [-0.39, 0.29) is 11.9 Å². The van der Waals surface area contributed by atoms with Gasteiger partial charge in [-0.05, 0) is 44.7 Å². The Morgan fingerprint density at radius 1 is 1.35 bits per heavy atom. The van der Waals surface area contributed by atoms with Gasteiger partial charge in [0, 0.05) is 18.0 Å². The van der Waals surface area contributed by atoms with Crippen molar-refractivity contribution in [1.29, 1.82) is 0 Å². The Kier molecular flexibility index (Phi) is 4.84. The Bertz CT molecular complexity index is 626. The summed E-state index contributed by atoms with van der Waals surface area (Å²) in [6.45, 7) is 3.72. The fraction of sp³-hybridized carbons (Fsp3) is 0.556. The summed E-state index contributed by atoms with van der Waals surface area (Å²) in [6.07, 6.45) is 7.51. The number of aryl methyl sites for hydroxylation is 2. The second-order valence-corrected chi connectivity index (χ2v) is 6.48. The monoisotopic (exact) mass is 316 g/mol. The predicted molar refractivity (Wildman–Crippen MR) is 86.0 cm³/mol. The van der Waals surface area contributed by atoms with Gasteiger partial charge in [-0.1, -0.05) is 18.0 Å². The number of nitrogens with zero attached hydrogens (tertiary/aromatic N) is 1. The van der Waals surface area contributed by atoms with Gasteiger partial charge >= 0.3 is 0 Å². The van der Waals surface area contributed by atoms with E-state index in [1.54, 1.807) is 6.26 Å². The van der Waals surface area contributed by atoms with Crippen molar-refractivity contribution in [3.05, 3.63) is 41.2 Å². The fourth-order valence-electron chi connectivity index (χ4n) is 3.50. The summed E-state index contributed by atoms with van der Waals surface area (Å²) in [5, 5.41) is 7.14. The molecule has 0 saturated heterocycles. The molecule has 2 aromatic heterocycles. The molecule has 5 nitrogen and oxygen atoms in total. The maximum Gasteiger partial charge on any atom is 0.224 e. The number of aromatic nitrogens is 1. The van der Waals surface area contributed by atoms with Crippen molar-refractivity contribution in [2.75, 3.05) is 0 Å². The number of rotatable bonds is 5. The predicted octanol–water partition coefficient (Wildman–Crippen LogP) is 3.34. The smallest absolute Gasteiger partial charge is 0.224 e. The maximum absolute atomic E-state index is 12.4. The van der Waals surface area contributed by atoms with Crippen LogP contribution in [-0.4, -0.2) is 17.1 Å². The van der Waals surface area contributed by atoms with E-state index in [1.165, 1.54) is 12.8 Å². The van der Waals surface area contributed by atoms with Crippen LogP contribution in [0.4, 0.5) is 0 Å². The van der Waals surface area contributed by atoms with E-state index in [1.807, 2.05) is 26.0 Å². The molecule has 1 saturated carbocycles. The number of carbonyl (C=O) groups is 1. The molecular formula is C18H24N2O3. The molecule has 0 bridgehead atoms. The van der Waals surface area contributed by atoms with Gasteiger partial charge in [0.25, 0.3) is 0 Å². The molecule has 1 amide bonds. The number of hydrogen-bond donors (Lipinski definition) is 1. The molecule has 0 unspecified atom stereocenters. The Labute approximate surface area is 136 Å². The quantitative estimate of drug-likeness (QED) is 0.918. The van der Waals surface area contributed by atoms with E-state index >= 15 is 0 Å². The zero-order valence-electron chi connectivity index (χ0n) is 13.8. The van der Waals surface area contributed by atoms with Crippen molar-refractivity contribution in [2.24, 2.45) is 5.92 Å². The molecule has 2 aromatic rings. The number of nitrogens with one attached hydrogen (secondary N) is 1. The highest BCUT2D eigenvalue weighted by atomic mass is 16.5. The lowest BCUT2D eigenvalue weighted by Crippen LogP contribution is -2.43. The van der Waals surface area contributed by atoms with Gasteiger partial charge in [0.05, 0.1) is 18.4 Å². The molecule has 2 atom stereocenters. The standard InChI is InChI=1S/C18H24N2O3/c1-12-16(13(2)23-20-12)11-18(21)19-17-8-4-3-6-14(17)10-15-7-5-9-22-15/h5,7,9,14,17H,3-4,6,8,10-11H2,1-2H3,(H,19,21)/t14-,17+/m0/s1. The van der Waals surface area contributed by atoms with Crippen LogP contribution in [0.15, 0.2) is 27.3 Å². The van der Waals surface area contributed by atoms with E-state index in [0.717, 1.165) is 42.0 Å². The zero-order chi connectivity index (χ0) is 16.2. The van der Waals surface area contributed by atoms with E-state index in [2.05, 4.69) is 10.5 Å². The summed E-state index contributed by atoms with van der Waals surface area (Å²) in [4.78, 5) is 12.4. The van der Waals surface area contributed by atoms with Gasteiger partial charge in [-0.3, -0.25) is 4.79 Å². The maximum atomic E-state index is 12.4. The van der Waals surface area contributed by atoms with Crippen LogP contribution in [-0.2, 0) is 17.6 Å². The van der Waals surface area contributed by atoms with E-state index in [9.17, 15) is 4.79 Å². The zero-order valence-corrected chi connectivity index (χ0v) is 13.8. The molecule has 124 valence electrons. The van der Waals surface area contributed by atoms with Crippen LogP contribution in [0.1, 0.15) is 48.5 Å². The summed E-state index contributed by atoms with van der Waals surface area (Å²) in [5.41, 5.74) is 1.70. The lowest BCUT2D eigenvalue weighted by atomic mass is 9.81. The molecule has 3 rings (SSSR count). The molecule has 1 aliphatic carbocycles. The minimum Gasteiger partial charge on any atom is -0.469 e. The molecule has 0 spiro atoms. The van der Waals surface area contributed by atoms with Crippen LogP contribution >= 0.6 is 0 Å². The van der Waals surface area contributed by atoms with Crippen LogP contribution in [0.3, 0.4) is 0 Å². The second-order valence-electron chi connectivity index (χ2n) is 6.48. The van der Waals surface area contributed by atoms with Gasteiger partial charge in [0.15, 0.2) is 0 Å². The van der Waals surface area contributed by atoms with E-state index < -0.39 is 0 Å². The van der Waals surface area contributed by atoms with Gasteiger partial charge in [-0.15, -0.1) is 0 Å². The van der Waals surface area contributed by atoms with Crippen molar-refractivity contribution < 1.29 is 13.7 Å². The molecule has 0 aliphatic heterocycles. The van der Waals surface area contributed by atoms with Gasteiger partial charge in [-0.25, -0.2) is 0 Å². The van der Waals surface area contributed by atoms with Crippen molar-refractivity contribution in [3.8, 4) is 0 Å². The van der Waals surface area contributed by atoms with Crippen LogP contribution in [0.25, 0.3) is 0 Å². The third-order valence-electron chi connectivity index (χ3n) is 4.82. The topological polar surface area (TPSA) is 68.3 Å². The number of hydrogen-bond acceptors (Lipinski definition) is 4. The second kappa shape index (κ2) is 7.02. The highest BCUT2D eigenvalue weighted by molar-refractivity contribution is 5.79. The lowest BCUT2D eigenvalue weighted by molar-refractivity contribution is -0.121. The van der Waals surface area contributed by atoms with Gasteiger partial charge < -0.3 is 14.3 Å². The minimum absolute atomic E-state index is 0.0516. The molecule has 1 fully saturated rings. The lowest BCUT2D eigenvalue weighted by Gasteiger charge is -2.31. The largest absolute Gasteiger partial charge is 0.469 e. The fourth-order valence-corrected chi connectivity index (χ4v) is 3.50. The van der Waals surface area contributed by atoms with E-state index in [0.29, 0.717) is 12.3 Å². The third kappa shape index (κ3) is 3.84. The van der Waals surface area contributed by atoms with E-state index in [4.69, 9.17) is 8.94 Å². The van der Waals surface area contributed by atoms with Crippen LogP contribution in [0.5, 0.6) is 0 Å². The summed E-state index contributed by atoms with van der Waals surface area (Å²) < 4.78 is 10.6. The van der Waals surface area contributed by atoms with Crippen LogP contribution < -0.4 is 5.32 Å². The first-order valence-corrected chi connectivity index (χ1v) is 8.37. The number of carbonyl (C=O) groups excluding carboxylic acids is 1. The Morgan fingerprint density at radius 3 is 2.87 bits per heavy atom. The highest BCUT2D eigenvalue weighted by Crippen LogP contribution is 2.28. The molecule has 1 aliphatic rings. The van der Waals surface area contributed by atoms with Gasteiger partial charge in [-0.2, -0.15) is 0 Å². The first-order chi connectivity index (χ1) is 11.1. The summed E-state index contributed by atoms with van der Waals surface area (Å²) in [7, 11) is 0. The van der Waals surface area contributed by atoms with Crippen molar-refractivity contribution in [2.45, 2.75) is 58.4 Å². The molecule has 2 heterocycles. The first kappa shape index (κ1) is 15.8. The summed E-state index contributed by atoms with van der Waals surface area (Å²) >= 11 is 0. The van der Waals surface area contributed by atoms with Crippen LogP contribution in [0, 0.1) is 19.8 Å². The van der Waals surface area contributed by atoms with Gasteiger partial charge in [0.1, 0.15) is 11.5 Å². The molecule has 5 heteroatoms. The minimum atomic E-state index is 0.0516. The van der Waals surface area contributed by atoms with Crippen LogP contribution in [0.2, 0.25) is 0 Å². The van der Waals surface area contributed by atoms with Crippen molar-refractivity contribution >= 4 is 5.91 Å². The average Bonchev–Trinajstić information content (AvgIpc) is 3.14. The molecule has 0 radical (unpaired) electrons. The molecule has 23 heavy (non-hydrogen) atoms. The SMILES string of the molecule is Cc1noc(C)c1CC(=O)N[C@@H]1CCCC[C@H]1Cc1ccco1. The average molecular weight is 316 g/mol. The van der Waals surface area contributed by atoms with Gasteiger partial charge in [0.2, 0.25) is 5.91 Å². The number of furan rings is 1. The third-order valence-corrected chi connectivity index (χ3v) is 4.82. The molecule has 1 N–H and O–H groups in total. The molecule has 0 aromatic carbocycles. The Hall–Kier alpha value is -2.04. The highest BCUT2D eigenvalue weighted by Gasteiger charge is 2.27. The first-order valence-electron chi connectivity index (χ1n) is 8.37. The summed E-state index contributed by atoms with van der Waals surface area (Å²) in [5.74, 6) is 2.23. The normalized spacial score (nSPS) is 21.3. The van der Waals surface area contributed by atoms with Crippen molar-refractivity contribution in [3.63, 3.8) is 0 Å². The number of amides is 1. The summed E-state index contributed by atoms with van der Waals surface area (Å²) in [6, 6.07) is 4.16. The Morgan fingerprint density at radius 2 is 2.17 bits per heavy atom. The molecular weight excluding hydrogens is 292 g/mol.